The molecule has 0 unspecified atom stereocenters. The van der Waals surface area contributed by atoms with Gasteiger partial charge in [-0.1, -0.05) is 32.6 Å². The molecule has 1 saturated heterocycles. The number of nitrogens with zero attached hydrogens (tertiary/aromatic N) is 2. The molecule has 2 rings (SSSR count). The number of carboxylic acids is 2. The van der Waals surface area contributed by atoms with Crippen LogP contribution in [0.1, 0.15) is 51.9 Å². The molecule has 0 spiro atoms. The maximum Gasteiger partial charge on any atom is 0.414 e. The Morgan fingerprint density at radius 3 is 1.80 bits per heavy atom. The zero-order chi connectivity index (χ0) is 18.9. The lowest BCUT2D eigenvalue weighted by Crippen LogP contribution is -2.52. The zero-order valence-electron chi connectivity index (χ0n) is 14.9. The molecule has 146 valence electrons. The number of aliphatic carboxylic acids is 2. The van der Waals surface area contributed by atoms with Gasteiger partial charge in [0.15, 0.2) is 0 Å². The highest BCUT2D eigenvalue weighted by atomic mass is 32.2. The highest BCUT2D eigenvalue weighted by Crippen LogP contribution is 2.23. The van der Waals surface area contributed by atoms with Crippen molar-refractivity contribution in [3.8, 4) is 0 Å². The van der Waals surface area contributed by atoms with E-state index in [-0.39, 0.29) is 0 Å². The van der Waals surface area contributed by atoms with E-state index in [1.54, 1.807) is 4.31 Å². The Hall–Kier alpha value is -1.19. The number of carbonyl (C=O) groups is 2. The Balaban J connectivity index is 0.000000450. The van der Waals surface area contributed by atoms with E-state index in [4.69, 9.17) is 19.8 Å². The number of hydrogen-bond acceptors (Lipinski definition) is 5. The third kappa shape index (κ3) is 7.70. The molecule has 8 nitrogen and oxygen atoms in total. The van der Waals surface area contributed by atoms with E-state index in [9.17, 15) is 8.42 Å². The molecule has 2 aliphatic rings. The van der Waals surface area contributed by atoms with Gasteiger partial charge >= 0.3 is 11.9 Å². The SMILES string of the molecule is CCCS(=O)(=O)N1CCN(C2CCCCCC2)CC1.O=C(O)C(=O)O. The molecule has 0 atom stereocenters. The van der Waals surface area contributed by atoms with Crippen molar-refractivity contribution < 1.29 is 28.2 Å². The number of rotatable bonds is 4. The molecular formula is C16H30N2O6S. The number of piperazine rings is 1. The van der Waals surface area contributed by atoms with Crippen molar-refractivity contribution in [2.75, 3.05) is 31.9 Å². The van der Waals surface area contributed by atoms with Crippen molar-refractivity contribution >= 4 is 22.0 Å². The van der Waals surface area contributed by atoms with Gasteiger partial charge in [-0.3, -0.25) is 4.90 Å². The summed E-state index contributed by atoms with van der Waals surface area (Å²) in [7, 11) is -2.99. The fraction of sp³-hybridized carbons (Fsp3) is 0.875. The van der Waals surface area contributed by atoms with Gasteiger partial charge in [-0.15, -0.1) is 0 Å². The van der Waals surface area contributed by atoms with E-state index in [0.717, 1.165) is 13.1 Å². The fourth-order valence-electron chi connectivity index (χ4n) is 3.36. The Morgan fingerprint density at radius 2 is 1.40 bits per heavy atom. The molecule has 25 heavy (non-hydrogen) atoms. The van der Waals surface area contributed by atoms with Crippen LogP contribution in [0.25, 0.3) is 0 Å². The molecule has 1 heterocycles. The van der Waals surface area contributed by atoms with Crippen LogP contribution in [-0.2, 0) is 19.6 Å². The van der Waals surface area contributed by atoms with E-state index in [0.29, 0.717) is 31.3 Å². The quantitative estimate of drug-likeness (QED) is 0.558. The van der Waals surface area contributed by atoms with Crippen LogP contribution >= 0.6 is 0 Å². The van der Waals surface area contributed by atoms with Crippen LogP contribution in [0.15, 0.2) is 0 Å². The lowest BCUT2D eigenvalue weighted by molar-refractivity contribution is -0.159. The van der Waals surface area contributed by atoms with E-state index in [2.05, 4.69) is 4.90 Å². The van der Waals surface area contributed by atoms with Gasteiger partial charge in [0.2, 0.25) is 10.0 Å². The predicted molar refractivity (Wildman–Crippen MR) is 94.0 cm³/mol. The first kappa shape index (κ1) is 21.9. The summed E-state index contributed by atoms with van der Waals surface area (Å²) in [5, 5.41) is 14.8. The fourth-order valence-corrected chi connectivity index (χ4v) is 4.85. The van der Waals surface area contributed by atoms with Gasteiger partial charge < -0.3 is 10.2 Å². The molecule has 0 amide bonds. The highest BCUT2D eigenvalue weighted by molar-refractivity contribution is 7.89. The predicted octanol–water partition coefficient (Wildman–Crippen LogP) is 1.22. The Kier molecular flexibility index (Phi) is 9.37. The second-order valence-electron chi connectivity index (χ2n) is 6.51. The van der Waals surface area contributed by atoms with Crippen LogP contribution in [-0.4, -0.2) is 77.7 Å². The molecule has 0 aromatic rings. The summed E-state index contributed by atoms with van der Waals surface area (Å²) in [5.74, 6) is -3.35. The van der Waals surface area contributed by atoms with Crippen molar-refractivity contribution in [1.29, 1.82) is 0 Å². The molecule has 0 bridgehead atoms. The normalized spacial score (nSPS) is 21.0. The van der Waals surface area contributed by atoms with Gasteiger partial charge in [0.1, 0.15) is 0 Å². The average molecular weight is 378 g/mol. The van der Waals surface area contributed by atoms with Crippen molar-refractivity contribution in [3.05, 3.63) is 0 Å². The summed E-state index contributed by atoms with van der Waals surface area (Å²) in [6.45, 7) is 5.16. The molecule has 0 radical (unpaired) electrons. The molecule has 1 saturated carbocycles. The Bertz CT molecular complexity index is 509. The molecule has 9 heteroatoms. The monoisotopic (exact) mass is 378 g/mol. The van der Waals surface area contributed by atoms with E-state index >= 15 is 0 Å². The number of hydrogen-bond donors (Lipinski definition) is 2. The third-order valence-electron chi connectivity index (χ3n) is 4.65. The van der Waals surface area contributed by atoms with Crippen LogP contribution in [0.3, 0.4) is 0 Å². The van der Waals surface area contributed by atoms with E-state index in [1.807, 2.05) is 6.92 Å². The van der Waals surface area contributed by atoms with E-state index < -0.39 is 22.0 Å². The van der Waals surface area contributed by atoms with Crippen molar-refractivity contribution in [1.82, 2.24) is 9.21 Å². The van der Waals surface area contributed by atoms with E-state index in [1.165, 1.54) is 38.5 Å². The van der Waals surface area contributed by atoms with Crippen LogP contribution in [0.5, 0.6) is 0 Å². The van der Waals surface area contributed by atoms with Gasteiger partial charge in [-0.25, -0.2) is 18.0 Å². The lowest BCUT2D eigenvalue weighted by Gasteiger charge is -2.38. The topological polar surface area (TPSA) is 115 Å². The summed E-state index contributed by atoms with van der Waals surface area (Å²) in [6.07, 6.45) is 8.77. The molecule has 0 aromatic carbocycles. The van der Waals surface area contributed by atoms with Gasteiger partial charge in [0.25, 0.3) is 0 Å². The Labute approximate surface area is 149 Å². The zero-order valence-corrected chi connectivity index (χ0v) is 15.7. The van der Waals surface area contributed by atoms with Crippen molar-refractivity contribution in [2.24, 2.45) is 0 Å². The Morgan fingerprint density at radius 1 is 0.920 bits per heavy atom. The second-order valence-corrected chi connectivity index (χ2v) is 8.60. The molecule has 0 aromatic heterocycles. The lowest BCUT2D eigenvalue weighted by atomic mass is 10.1. The van der Waals surface area contributed by atoms with Crippen molar-refractivity contribution in [3.63, 3.8) is 0 Å². The minimum Gasteiger partial charge on any atom is -0.473 e. The second kappa shape index (κ2) is 10.7. The molecule has 2 N–H and O–H groups in total. The standard InChI is InChI=1S/C14H28N2O2S.C2H2O4/c1-2-13-19(17,18)16-11-9-15(10-12-16)14-7-5-3-4-6-8-14;3-1(4)2(5)6/h14H,2-13H2,1H3;(H,3,4)(H,5,6). The minimum atomic E-state index is -2.99. The summed E-state index contributed by atoms with van der Waals surface area (Å²) in [5.41, 5.74) is 0. The molecule has 1 aliphatic heterocycles. The van der Waals surface area contributed by atoms with Crippen LogP contribution < -0.4 is 0 Å². The van der Waals surface area contributed by atoms with Crippen molar-refractivity contribution in [2.45, 2.75) is 57.9 Å². The van der Waals surface area contributed by atoms with Gasteiger partial charge in [-0.05, 0) is 19.3 Å². The summed E-state index contributed by atoms with van der Waals surface area (Å²) >= 11 is 0. The third-order valence-corrected chi connectivity index (χ3v) is 6.73. The first-order valence-electron chi connectivity index (χ1n) is 8.96. The molecule has 1 aliphatic carbocycles. The minimum absolute atomic E-state index is 0.302. The van der Waals surface area contributed by atoms with Gasteiger partial charge in [0.05, 0.1) is 5.75 Å². The largest absolute Gasteiger partial charge is 0.473 e. The molecular weight excluding hydrogens is 348 g/mol. The smallest absolute Gasteiger partial charge is 0.414 e. The average Bonchev–Trinajstić information content (AvgIpc) is 2.84. The van der Waals surface area contributed by atoms with Crippen LogP contribution in [0, 0.1) is 0 Å². The van der Waals surface area contributed by atoms with Gasteiger partial charge in [0, 0.05) is 32.2 Å². The van der Waals surface area contributed by atoms with Crippen LogP contribution in [0.4, 0.5) is 0 Å². The molecule has 2 fully saturated rings. The number of sulfonamides is 1. The maximum absolute atomic E-state index is 12.0. The van der Waals surface area contributed by atoms with Crippen LogP contribution in [0.2, 0.25) is 0 Å². The summed E-state index contributed by atoms with van der Waals surface area (Å²) in [4.78, 5) is 20.7. The first-order chi connectivity index (χ1) is 11.8. The summed E-state index contributed by atoms with van der Waals surface area (Å²) < 4.78 is 25.8. The van der Waals surface area contributed by atoms with Gasteiger partial charge in [-0.2, -0.15) is 4.31 Å². The summed E-state index contributed by atoms with van der Waals surface area (Å²) in [6, 6.07) is 0.707. The first-order valence-corrected chi connectivity index (χ1v) is 10.6. The number of carboxylic acid groups (broad SMARTS) is 2. The maximum atomic E-state index is 12.0. The highest BCUT2D eigenvalue weighted by Gasteiger charge is 2.29.